The van der Waals surface area contributed by atoms with Crippen molar-refractivity contribution in [2.75, 3.05) is 4.31 Å². The lowest BCUT2D eigenvalue weighted by molar-refractivity contribution is -0.137. The van der Waals surface area contributed by atoms with E-state index < -0.39 is 44.3 Å². The summed E-state index contributed by atoms with van der Waals surface area (Å²) < 4.78 is 94.9. The quantitative estimate of drug-likeness (QED) is 0.545. The predicted octanol–water partition coefficient (Wildman–Crippen LogP) is 5.28. The zero-order valence-electron chi connectivity index (χ0n) is 16.2. The van der Waals surface area contributed by atoms with E-state index >= 15 is 0 Å². The Morgan fingerprint density at radius 3 is 2.26 bits per heavy atom. The first-order valence-electron chi connectivity index (χ1n) is 9.17. The number of rotatable bonds is 3. The molecule has 0 bridgehead atoms. The van der Waals surface area contributed by atoms with Crippen LogP contribution in [0.1, 0.15) is 31.0 Å². The fourth-order valence-corrected chi connectivity index (χ4v) is 5.54. The third kappa shape index (κ3) is 3.36. The highest BCUT2D eigenvalue weighted by Gasteiger charge is 2.42. The Labute approximate surface area is 174 Å². The molecule has 0 amide bonds. The van der Waals surface area contributed by atoms with Gasteiger partial charge >= 0.3 is 6.18 Å². The number of fused-ring (bicyclic) bond motifs is 3. The third-order valence-electron chi connectivity index (χ3n) is 5.16. The van der Waals surface area contributed by atoms with E-state index in [1.807, 2.05) is 0 Å². The van der Waals surface area contributed by atoms with Gasteiger partial charge in [-0.15, -0.1) is 0 Å². The fourth-order valence-electron chi connectivity index (χ4n) is 3.77. The molecule has 1 aliphatic heterocycles. The van der Waals surface area contributed by atoms with Crippen molar-refractivity contribution in [3.8, 4) is 11.3 Å². The van der Waals surface area contributed by atoms with Gasteiger partial charge in [-0.1, -0.05) is 13.8 Å². The first-order valence-corrected chi connectivity index (χ1v) is 10.6. The number of aromatic nitrogens is 2. The SMILES string of the molecule is CC(C)[C@@H]1c2cn[nH]c2-c2cc(F)c(F)cc2N1S(=O)(=O)c1ccc(C(F)(F)F)cc1. The molecule has 0 fully saturated rings. The average molecular weight is 457 g/mol. The molecule has 11 heteroatoms. The Hall–Kier alpha value is -2.95. The highest BCUT2D eigenvalue weighted by Crippen LogP contribution is 2.49. The number of H-pyrrole nitrogens is 1. The summed E-state index contributed by atoms with van der Waals surface area (Å²) in [6.45, 7) is 3.48. The van der Waals surface area contributed by atoms with Gasteiger partial charge < -0.3 is 0 Å². The van der Waals surface area contributed by atoms with Crippen LogP contribution >= 0.6 is 0 Å². The molecule has 0 radical (unpaired) electrons. The minimum atomic E-state index is -4.63. The second kappa shape index (κ2) is 7.04. The topological polar surface area (TPSA) is 66.1 Å². The molecule has 1 aromatic heterocycles. The summed E-state index contributed by atoms with van der Waals surface area (Å²) >= 11 is 0. The molecule has 1 aliphatic rings. The minimum absolute atomic E-state index is 0.0822. The molecule has 0 spiro atoms. The third-order valence-corrected chi connectivity index (χ3v) is 6.96. The van der Waals surface area contributed by atoms with Gasteiger partial charge in [-0.05, 0) is 36.2 Å². The molecule has 2 aromatic carbocycles. The number of alkyl halides is 3. The monoisotopic (exact) mass is 457 g/mol. The Morgan fingerprint density at radius 1 is 1.06 bits per heavy atom. The van der Waals surface area contributed by atoms with Gasteiger partial charge in [-0.2, -0.15) is 18.3 Å². The van der Waals surface area contributed by atoms with E-state index in [1.165, 1.54) is 6.20 Å². The molecule has 0 aliphatic carbocycles. The number of sulfonamides is 1. The summed E-state index contributed by atoms with van der Waals surface area (Å²) in [5, 5.41) is 6.62. The lowest BCUT2D eigenvalue weighted by Crippen LogP contribution is -2.40. The van der Waals surface area contributed by atoms with Gasteiger partial charge in [-0.3, -0.25) is 9.40 Å². The highest BCUT2D eigenvalue weighted by molar-refractivity contribution is 7.92. The number of nitrogens with one attached hydrogen (secondary N) is 1. The molecule has 164 valence electrons. The van der Waals surface area contributed by atoms with Crippen LogP contribution in [0.5, 0.6) is 0 Å². The molecule has 31 heavy (non-hydrogen) atoms. The summed E-state index contributed by atoms with van der Waals surface area (Å²) in [4.78, 5) is -0.409. The molecule has 0 saturated carbocycles. The maximum absolute atomic E-state index is 14.1. The first kappa shape index (κ1) is 21.3. The van der Waals surface area contributed by atoms with Gasteiger partial charge in [0.2, 0.25) is 0 Å². The molecule has 5 nitrogen and oxygen atoms in total. The normalized spacial score (nSPS) is 16.4. The largest absolute Gasteiger partial charge is 0.416 e. The lowest BCUT2D eigenvalue weighted by Gasteiger charge is -2.39. The number of hydrogen-bond donors (Lipinski definition) is 1. The van der Waals surface area contributed by atoms with Crippen molar-refractivity contribution in [3.63, 3.8) is 0 Å². The molecule has 1 N–H and O–H groups in total. The highest BCUT2D eigenvalue weighted by atomic mass is 32.2. The molecule has 0 saturated heterocycles. The summed E-state index contributed by atoms with van der Waals surface area (Å²) in [6.07, 6.45) is -3.23. The summed E-state index contributed by atoms with van der Waals surface area (Å²) in [5.74, 6) is -2.76. The van der Waals surface area contributed by atoms with Gasteiger partial charge in [0, 0.05) is 17.2 Å². The summed E-state index contributed by atoms with van der Waals surface area (Å²) in [5.41, 5.74) is -0.250. The van der Waals surface area contributed by atoms with Crippen LogP contribution in [0, 0.1) is 17.6 Å². The molecule has 1 atom stereocenters. The van der Waals surface area contributed by atoms with Crippen molar-refractivity contribution in [1.82, 2.24) is 10.2 Å². The van der Waals surface area contributed by atoms with Crippen LogP contribution in [0.3, 0.4) is 0 Å². The standard InChI is InChI=1S/C20H16F5N3O2S/c1-10(2)19-14-9-26-27-18(14)13-7-15(21)16(22)8-17(13)28(19)31(29,30)12-5-3-11(4-6-12)20(23,24)25/h3-10,19H,1-2H3,(H,26,27)/t19-/m1/s1. The number of hydrogen-bond acceptors (Lipinski definition) is 3. The lowest BCUT2D eigenvalue weighted by atomic mass is 9.89. The van der Waals surface area contributed by atoms with Crippen molar-refractivity contribution < 1.29 is 30.4 Å². The predicted molar refractivity (Wildman–Crippen MR) is 103 cm³/mol. The van der Waals surface area contributed by atoms with E-state index in [0.29, 0.717) is 23.4 Å². The Bertz CT molecular complexity index is 1250. The van der Waals surface area contributed by atoms with Gasteiger partial charge in [0.25, 0.3) is 10.0 Å². The summed E-state index contributed by atoms with van der Waals surface area (Å²) in [6, 6.07) is 3.81. The van der Waals surface area contributed by atoms with E-state index in [1.54, 1.807) is 13.8 Å². The number of nitrogens with zero attached hydrogens (tertiary/aromatic N) is 2. The molecule has 0 unspecified atom stereocenters. The molecular weight excluding hydrogens is 441 g/mol. The van der Waals surface area contributed by atoms with Gasteiger partial charge in [0.05, 0.1) is 34.1 Å². The van der Waals surface area contributed by atoms with Crippen molar-refractivity contribution >= 4 is 15.7 Å². The van der Waals surface area contributed by atoms with Crippen LogP contribution in [-0.2, 0) is 16.2 Å². The molecule has 3 aromatic rings. The van der Waals surface area contributed by atoms with Gasteiger partial charge in [0.1, 0.15) is 0 Å². The maximum Gasteiger partial charge on any atom is 0.416 e. The van der Waals surface area contributed by atoms with E-state index in [0.717, 1.165) is 28.6 Å². The van der Waals surface area contributed by atoms with E-state index in [2.05, 4.69) is 10.2 Å². The van der Waals surface area contributed by atoms with E-state index in [-0.39, 0.29) is 17.2 Å². The van der Waals surface area contributed by atoms with Crippen LogP contribution in [0.15, 0.2) is 47.5 Å². The zero-order chi connectivity index (χ0) is 22.7. The molecule has 4 rings (SSSR count). The van der Waals surface area contributed by atoms with E-state index in [4.69, 9.17) is 0 Å². The van der Waals surface area contributed by atoms with Gasteiger partial charge in [0.15, 0.2) is 11.6 Å². The second-order valence-corrected chi connectivity index (χ2v) is 9.31. The van der Waals surface area contributed by atoms with Crippen molar-refractivity contribution in [1.29, 1.82) is 0 Å². The van der Waals surface area contributed by atoms with Crippen LogP contribution in [0.2, 0.25) is 0 Å². The fraction of sp³-hybridized carbons (Fsp3) is 0.250. The Kier molecular flexibility index (Phi) is 4.84. The van der Waals surface area contributed by atoms with Crippen LogP contribution in [0.4, 0.5) is 27.6 Å². The number of anilines is 1. The molecule has 2 heterocycles. The van der Waals surface area contributed by atoms with Crippen molar-refractivity contribution in [2.24, 2.45) is 5.92 Å². The Morgan fingerprint density at radius 2 is 1.68 bits per heavy atom. The smallest absolute Gasteiger partial charge is 0.277 e. The second-order valence-electron chi connectivity index (χ2n) is 7.50. The van der Waals surface area contributed by atoms with Crippen molar-refractivity contribution in [2.45, 2.75) is 31.0 Å². The molecular formula is C20H16F5N3O2S. The van der Waals surface area contributed by atoms with Crippen molar-refractivity contribution in [3.05, 3.63) is 65.4 Å². The first-order chi connectivity index (χ1) is 14.4. The minimum Gasteiger partial charge on any atom is -0.277 e. The number of halogens is 5. The maximum atomic E-state index is 14.1. The zero-order valence-corrected chi connectivity index (χ0v) is 17.0. The van der Waals surface area contributed by atoms with E-state index in [9.17, 15) is 30.4 Å². The summed E-state index contributed by atoms with van der Waals surface area (Å²) in [7, 11) is -4.45. The number of benzene rings is 2. The Balaban J connectivity index is 1.95. The number of aromatic amines is 1. The van der Waals surface area contributed by atoms with Crippen LogP contribution in [-0.4, -0.2) is 18.6 Å². The average Bonchev–Trinajstić information content (AvgIpc) is 3.17. The van der Waals surface area contributed by atoms with Gasteiger partial charge in [-0.25, -0.2) is 17.2 Å². The van der Waals surface area contributed by atoms with Crippen LogP contribution in [0.25, 0.3) is 11.3 Å². The van der Waals surface area contributed by atoms with Crippen LogP contribution < -0.4 is 4.31 Å².